The largest absolute Gasteiger partial charge is 0.504 e. The molecule has 0 saturated carbocycles. The van der Waals surface area contributed by atoms with E-state index in [1.807, 2.05) is 0 Å². The third-order valence-electron chi connectivity index (χ3n) is 6.98. The van der Waals surface area contributed by atoms with Gasteiger partial charge in [-0.05, 0) is 56.0 Å². The Morgan fingerprint density at radius 1 is 1.10 bits per heavy atom. The summed E-state index contributed by atoms with van der Waals surface area (Å²) in [7, 11) is 0. The van der Waals surface area contributed by atoms with Crippen LogP contribution in [-0.4, -0.2) is 55.0 Å². The molecule has 2 fully saturated rings. The second kappa shape index (κ2) is 7.55. The lowest BCUT2D eigenvalue weighted by molar-refractivity contribution is 0.0646. The molecule has 2 aromatic carbocycles. The summed E-state index contributed by atoms with van der Waals surface area (Å²) in [4.78, 5) is 28.1. The molecular formula is C24H25FN2O4. The quantitative estimate of drug-likeness (QED) is 0.764. The molecule has 3 aliphatic rings. The highest BCUT2D eigenvalue weighted by atomic mass is 19.1. The van der Waals surface area contributed by atoms with Crippen molar-refractivity contribution in [1.29, 1.82) is 0 Å². The highest BCUT2D eigenvalue weighted by molar-refractivity contribution is 5.96. The fourth-order valence-electron chi connectivity index (χ4n) is 5.09. The van der Waals surface area contributed by atoms with Gasteiger partial charge in [0.1, 0.15) is 5.75 Å². The van der Waals surface area contributed by atoms with Crippen LogP contribution >= 0.6 is 0 Å². The van der Waals surface area contributed by atoms with Crippen molar-refractivity contribution in [2.24, 2.45) is 0 Å². The molecule has 0 atom stereocenters. The van der Waals surface area contributed by atoms with E-state index >= 15 is 0 Å². The highest BCUT2D eigenvalue weighted by Crippen LogP contribution is 2.47. The second-order valence-corrected chi connectivity index (χ2v) is 8.75. The van der Waals surface area contributed by atoms with Gasteiger partial charge in [0, 0.05) is 48.4 Å². The average molecular weight is 424 g/mol. The van der Waals surface area contributed by atoms with Crippen LogP contribution in [0.25, 0.3) is 0 Å². The molecule has 0 aromatic heterocycles. The molecule has 2 saturated heterocycles. The Bertz CT molecular complexity index is 1040. The van der Waals surface area contributed by atoms with Crippen molar-refractivity contribution in [1.82, 2.24) is 4.90 Å². The van der Waals surface area contributed by atoms with Crippen LogP contribution in [0.2, 0.25) is 0 Å². The summed E-state index contributed by atoms with van der Waals surface area (Å²) in [6.45, 7) is 3.82. The number of hydrogen-bond acceptors (Lipinski definition) is 5. The molecule has 31 heavy (non-hydrogen) atoms. The number of likely N-dealkylation sites (tertiary alicyclic amines) is 1. The SMILES string of the molecule is O=Cc1cc(C(=O)N2CCC3(CC2)COc2ccc(N4CCCC4)cc23)cc(F)c1O. The molecule has 7 heteroatoms. The average Bonchev–Trinajstić information content (AvgIpc) is 3.45. The normalized spacial score (nSPS) is 19.4. The van der Waals surface area contributed by atoms with Crippen molar-refractivity contribution in [3.8, 4) is 11.5 Å². The maximum absolute atomic E-state index is 13.9. The Balaban J connectivity index is 1.34. The number of nitrogens with zero attached hydrogens (tertiary/aromatic N) is 2. The molecule has 0 radical (unpaired) electrons. The van der Waals surface area contributed by atoms with E-state index < -0.39 is 11.6 Å². The predicted molar refractivity (Wildman–Crippen MR) is 114 cm³/mol. The Hall–Kier alpha value is -3.09. The highest BCUT2D eigenvalue weighted by Gasteiger charge is 2.44. The monoisotopic (exact) mass is 424 g/mol. The minimum atomic E-state index is -0.964. The molecule has 0 unspecified atom stereocenters. The standard InChI is InChI=1S/C24H25FN2O4/c25-20-12-16(11-17(14-28)22(20)29)23(30)27-9-5-24(6-10-27)15-31-21-4-3-18(13-19(21)24)26-7-1-2-8-26/h3-4,11-14,29H,1-2,5-10,15H2. The van der Waals surface area contributed by atoms with Crippen LogP contribution < -0.4 is 9.64 Å². The summed E-state index contributed by atoms with van der Waals surface area (Å²) in [6.07, 6.45) is 4.32. The van der Waals surface area contributed by atoms with Crippen LogP contribution in [0.15, 0.2) is 30.3 Å². The van der Waals surface area contributed by atoms with E-state index in [-0.39, 0.29) is 22.4 Å². The topological polar surface area (TPSA) is 70.1 Å². The van der Waals surface area contributed by atoms with E-state index in [9.17, 15) is 19.1 Å². The Morgan fingerprint density at radius 3 is 2.55 bits per heavy atom. The molecular weight excluding hydrogens is 399 g/mol. The number of aldehydes is 1. The smallest absolute Gasteiger partial charge is 0.253 e. The first-order valence-electron chi connectivity index (χ1n) is 10.8. The first kappa shape index (κ1) is 19.8. The summed E-state index contributed by atoms with van der Waals surface area (Å²) in [5.74, 6) is -1.09. The van der Waals surface area contributed by atoms with Gasteiger partial charge in [0.15, 0.2) is 17.9 Å². The van der Waals surface area contributed by atoms with Gasteiger partial charge in [-0.1, -0.05) is 0 Å². The number of ether oxygens (including phenoxy) is 1. The number of carbonyl (C=O) groups is 2. The van der Waals surface area contributed by atoms with E-state index in [1.165, 1.54) is 30.2 Å². The van der Waals surface area contributed by atoms with E-state index in [0.717, 1.165) is 37.7 Å². The predicted octanol–water partition coefficient (Wildman–Crippen LogP) is 3.51. The number of fused-ring (bicyclic) bond motifs is 2. The zero-order valence-electron chi connectivity index (χ0n) is 17.3. The number of anilines is 1. The van der Waals surface area contributed by atoms with Gasteiger partial charge in [0.05, 0.1) is 12.2 Å². The molecule has 0 aliphatic carbocycles. The third kappa shape index (κ3) is 3.32. The minimum Gasteiger partial charge on any atom is -0.504 e. The zero-order valence-corrected chi connectivity index (χ0v) is 17.3. The molecule has 2 aromatic rings. The van der Waals surface area contributed by atoms with Gasteiger partial charge >= 0.3 is 0 Å². The minimum absolute atomic E-state index is 0.0766. The van der Waals surface area contributed by atoms with Crippen molar-refractivity contribution in [2.45, 2.75) is 31.1 Å². The van der Waals surface area contributed by atoms with Crippen molar-refractivity contribution in [3.05, 3.63) is 52.8 Å². The molecule has 162 valence electrons. The number of phenolic OH excluding ortho intramolecular Hbond substituents is 1. The van der Waals surface area contributed by atoms with Crippen molar-refractivity contribution in [2.75, 3.05) is 37.7 Å². The molecule has 6 nitrogen and oxygen atoms in total. The van der Waals surface area contributed by atoms with Gasteiger partial charge < -0.3 is 19.6 Å². The summed E-state index contributed by atoms with van der Waals surface area (Å²) in [5.41, 5.74) is 2.20. The number of piperidine rings is 1. The van der Waals surface area contributed by atoms with E-state index in [2.05, 4.69) is 23.1 Å². The van der Waals surface area contributed by atoms with Gasteiger partial charge in [-0.2, -0.15) is 0 Å². The van der Waals surface area contributed by atoms with Gasteiger partial charge in [-0.15, -0.1) is 0 Å². The van der Waals surface area contributed by atoms with E-state index in [0.29, 0.717) is 26.0 Å². The Labute approximate surface area is 180 Å². The number of amides is 1. The molecule has 1 spiro atoms. The molecule has 3 heterocycles. The lowest BCUT2D eigenvalue weighted by Gasteiger charge is -2.38. The summed E-state index contributed by atoms with van der Waals surface area (Å²) >= 11 is 0. The van der Waals surface area contributed by atoms with Crippen LogP contribution in [-0.2, 0) is 5.41 Å². The maximum atomic E-state index is 13.9. The number of rotatable bonds is 3. The van der Waals surface area contributed by atoms with Crippen molar-refractivity contribution >= 4 is 17.9 Å². The zero-order chi connectivity index (χ0) is 21.6. The van der Waals surface area contributed by atoms with Crippen LogP contribution in [0, 0.1) is 5.82 Å². The second-order valence-electron chi connectivity index (χ2n) is 8.75. The number of phenols is 1. The summed E-state index contributed by atoms with van der Waals surface area (Å²) < 4.78 is 19.9. The molecule has 3 aliphatic heterocycles. The summed E-state index contributed by atoms with van der Waals surface area (Å²) in [6, 6.07) is 8.69. The lowest BCUT2D eigenvalue weighted by Crippen LogP contribution is -2.46. The number of halogens is 1. The number of carbonyl (C=O) groups excluding carboxylic acids is 2. The molecule has 5 rings (SSSR count). The van der Waals surface area contributed by atoms with Crippen molar-refractivity contribution in [3.63, 3.8) is 0 Å². The molecule has 1 amide bonds. The first-order chi connectivity index (χ1) is 15.0. The third-order valence-corrected chi connectivity index (χ3v) is 6.98. The van der Waals surface area contributed by atoms with E-state index in [1.54, 1.807) is 4.90 Å². The number of benzene rings is 2. The number of aromatic hydroxyl groups is 1. The van der Waals surface area contributed by atoms with Gasteiger partial charge in [-0.25, -0.2) is 4.39 Å². The first-order valence-corrected chi connectivity index (χ1v) is 10.8. The van der Waals surface area contributed by atoms with Crippen molar-refractivity contribution < 1.29 is 23.8 Å². The van der Waals surface area contributed by atoms with Crippen LogP contribution in [0.1, 0.15) is 52.0 Å². The molecule has 0 bridgehead atoms. The maximum Gasteiger partial charge on any atom is 0.253 e. The summed E-state index contributed by atoms with van der Waals surface area (Å²) in [5, 5.41) is 9.60. The van der Waals surface area contributed by atoms with Gasteiger partial charge in [-0.3, -0.25) is 9.59 Å². The van der Waals surface area contributed by atoms with Gasteiger partial charge in [0.2, 0.25) is 0 Å². The molecule has 1 N–H and O–H groups in total. The van der Waals surface area contributed by atoms with Crippen LogP contribution in [0.5, 0.6) is 11.5 Å². The Morgan fingerprint density at radius 2 is 1.84 bits per heavy atom. The number of hydrogen-bond donors (Lipinski definition) is 1. The van der Waals surface area contributed by atoms with Gasteiger partial charge in [0.25, 0.3) is 5.91 Å². The van der Waals surface area contributed by atoms with Crippen LogP contribution in [0.3, 0.4) is 0 Å². The fourth-order valence-corrected chi connectivity index (χ4v) is 5.09. The van der Waals surface area contributed by atoms with Crippen LogP contribution in [0.4, 0.5) is 10.1 Å². The van der Waals surface area contributed by atoms with E-state index in [4.69, 9.17) is 4.74 Å². The Kier molecular flexibility index (Phi) is 4.84. The fraction of sp³-hybridized carbons (Fsp3) is 0.417. The lowest BCUT2D eigenvalue weighted by atomic mass is 9.74.